The topological polar surface area (TPSA) is 98.4 Å². The largest absolute Gasteiger partial charge is 0.399 e. The van der Waals surface area contributed by atoms with Gasteiger partial charge in [0.05, 0.1) is 36.0 Å². The number of rotatable bonds is 5. The van der Waals surface area contributed by atoms with E-state index in [1.54, 1.807) is 12.1 Å². The number of nitrogen functional groups attached to an aromatic ring is 1. The zero-order valence-electron chi connectivity index (χ0n) is 16.8. The number of hydrogen-bond acceptors (Lipinski definition) is 7. The van der Waals surface area contributed by atoms with Crippen LogP contribution in [0.2, 0.25) is 0 Å². The van der Waals surface area contributed by atoms with Crippen molar-refractivity contribution in [2.24, 2.45) is 0 Å². The Hall–Kier alpha value is -2.19. The van der Waals surface area contributed by atoms with Crippen LogP contribution in [-0.4, -0.2) is 49.4 Å². The van der Waals surface area contributed by atoms with Gasteiger partial charge in [-0.05, 0) is 44.0 Å². The summed E-state index contributed by atoms with van der Waals surface area (Å²) in [5, 5.41) is -0.247. The molecule has 1 saturated carbocycles. The van der Waals surface area contributed by atoms with Crippen molar-refractivity contribution in [1.82, 2.24) is 9.97 Å². The number of benzene rings is 1. The quantitative estimate of drug-likeness (QED) is 0.748. The summed E-state index contributed by atoms with van der Waals surface area (Å²) in [4.78, 5) is 11.5. The standard InChI is InChI=1S/C21H28N4O3S/c1-15-13-28-11-10-25(15)20-12-18(14-29(26,27)19-4-2-3-5-19)23-21(24-20)16-6-8-17(22)9-7-16/h6-9,12,15,19H,2-5,10-11,13-14,22H2,1H3. The zero-order valence-corrected chi connectivity index (χ0v) is 17.6. The summed E-state index contributed by atoms with van der Waals surface area (Å²) in [5.41, 5.74) is 7.84. The predicted molar refractivity (Wildman–Crippen MR) is 114 cm³/mol. The van der Waals surface area contributed by atoms with E-state index in [0.29, 0.717) is 37.0 Å². The van der Waals surface area contributed by atoms with Crippen LogP contribution in [0.25, 0.3) is 11.4 Å². The van der Waals surface area contributed by atoms with Crippen molar-refractivity contribution >= 4 is 21.3 Å². The summed E-state index contributed by atoms with van der Waals surface area (Å²) < 4.78 is 31.4. The van der Waals surface area contributed by atoms with E-state index in [1.807, 2.05) is 18.2 Å². The van der Waals surface area contributed by atoms with Gasteiger partial charge in [-0.2, -0.15) is 0 Å². The van der Waals surface area contributed by atoms with Crippen LogP contribution in [-0.2, 0) is 20.3 Å². The van der Waals surface area contributed by atoms with Gasteiger partial charge in [0, 0.05) is 23.9 Å². The summed E-state index contributed by atoms with van der Waals surface area (Å²) in [6.45, 7) is 4.05. The fourth-order valence-electron chi connectivity index (χ4n) is 4.10. The Labute approximate surface area is 172 Å². The molecular formula is C21H28N4O3S. The van der Waals surface area contributed by atoms with Crippen LogP contribution in [0, 0.1) is 0 Å². The highest BCUT2D eigenvalue weighted by Crippen LogP contribution is 2.29. The fourth-order valence-corrected chi connectivity index (χ4v) is 5.95. The van der Waals surface area contributed by atoms with Crippen molar-refractivity contribution in [3.8, 4) is 11.4 Å². The summed E-state index contributed by atoms with van der Waals surface area (Å²) in [5.74, 6) is 1.23. The average molecular weight is 417 g/mol. The van der Waals surface area contributed by atoms with Crippen molar-refractivity contribution < 1.29 is 13.2 Å². The van der Waals surface area contributed by atoms with Gasteiger partial charge >= 0.3 is 0 Å². The molecule has 1 unspecified atom stereocenters. The molecular weight excluding hydrogens is 388 g/mol. The van der Waals surface area contributed by atoms with Gasteiger partial charge in [-0.15, -0.1) is 0 Å². The molecule has 1 aliphatic heterocycles. The molecule has 156 valence electrons. The maximum atomic E-state index is 12.9. The zero-order chi connectivity index (χ0) is 20.4. The Morgan fingerprint density at radius 1 is 1.17 bits per heavy atom. The van der Waals surface area contributed by atoms with Crippen LogP contribution in [0.15, 0.2) is 30.3 Å². The molecule has 1 aliphatic carbocycles. The second-order valence-corrected chi connectivity index (χ2v) is 10.3. The molecule has 1 aromatic carbocycles. The van der Waals surface area contributed by atoms with Crippen molar-refractivity contribution in [2.45, 2.75) is 49.7 Å². The second-order valence-electron chi connectivity index (χ2n) is 7.99. The number of aromatic nitrogens is 2. The molecule has 7 nitrogen and oxygen atoms in total. The first kappa shape index (κ1) is 20.1. The van der Waals surface area contributed by atoms with Crippen molar-refractivity contribution in [3.05, 3.63) is 36.0 Å². The van der Waals surface area contributed by atoms with Crippen LogP contribution in [0.5, 0.6) is 0 Å². The van der Waals surface area contributed by atoms with E-state index in [2.05, 4.69) is 16.8 Å². The minimum absolute atomic E-state index is 0.0477. The summed E-state index contributed by atoms with van der Waals surface area (Å²) >= 11 is 0. The molecule has 2 heterocycles. The molecule has 0 radical (unpaired) electrons. The number of hydrogen-bond donors (Lipinski definition) is 1. The Balaban J connectivity index is 1.72. The van der Waals surface area contributed by atoms with Gasteiger partial charge in [0.2, 0.25) is 0 Å². The van der Waals surface area contributed by atoms with Crippen LogP contribution in [0.3, 0.4) is 0 Å². The van der Waals surface area contributed by atoms with E-state index in [1.165, 1.54) is 0 Å². The summed E-state index contributed by atoms with van der Waals surface area (Å²) in [7, 11) is -3.23. The molecule has 0 amide bonds. The van der Waals surface area contributed by atoms with Crippen molar-refractivity contribution in [1.29, 1.82) is 0 Å². The van der Waals surface area contributed by atoms with E-state index >= 15 is 0 Å². The number of ether oxygens (including phenoxy) is 1. The van der Waals surface area contributed by atoms with E-state index in [0.717, 1.165) is 37.1 Å². The molecule has 0 spiro atoms. The predicted octanol–water partition coefficient (Wildman–Crippen LogP) is 2.81. The second kappa shape index (κ2) is 8.28. The molecule has 0 bridgehead atoms. The van der Waals surface area contributed by atoms with Gasteiger partial charge in [-0.25, -0.2) is 18.4 Å². The lowest BCUT2D eigenvalue weighted by molar-refractivity contribution is 0.0985. The molecule has 2 N–H and O–H groups in total. The lowest BCUT2D eigenvalue weighted by atomic mass is 10.2. The minimum Gasteiger partial charge on any atom is -0.399 e. The number of nitrogens with two attached hydrogens (primary N) is 1. The van der Waals surface area contributed by atoms with Crippen molar-refractivity contribution in [2.75, 3.05) is 30.4 Å². The molecule has 4 rings (SSSR count). The maximum Gasteiger partial charge on any atom is 0.161 e. The molecule has 1 saturated heterocycles. The van der Waals surface area contributed by atoms with Gasteiger partial charge < -0.3 is 15.4 Å². The fraction of sp³-hybridized carbons (Fsp3) is 0.524. The lowest BCUT2D eigenvalue weighted by Crippen LogP contribution is -2.44. The third-order valence-electron chi connectivity index (χ3n) is 5.76. The smallest absolute Gasteiger partial charge is 0.161 e. The monoisotopic (exact) mass is 416 g/mol. The van der Waals surface area contributed by atoms with Gasteiger partial charge in [-0.3, -0.25) is 0 Å². The Bertz CT molecular complexity index is 956. The first-order chi connectivity index (χ1) is 13.9. The van der Waals surface area contributed by atoms with E-state index in [4.69, 9.17) is 15.5 Å². The number of anilines is 2. The van der Waals surface area contributed by atoms with Crippen LogP contribution < -0.4 is 10.6 Å². The van der Waals surface area contributed by atoms with E-state index in [9.17, 15) is 8.42 Å². The molecule has 1 aromatic heterocycles. The van der Waals surface area contributed by atoms with E-state index in [-0.39, 0.29) is 17.0 Å². The lowest BCUT2D eigenvalue weighted by Gasteiger charge is -2.34. The maximum absolute atomic E-state index is 12.9. The molecule has 2 fully saturated rings. The van der Waals surface area contributed by atoms with Gasteiger partial charge in [0.1, 0.15) is 5.82 Å². The van der Waals surface area contributed by atoms with Crippen LogP contribution >= 0.6 is 0 Å². The number of morpholine rings is 1. The third-order valence-corrected chi connectivity index (χ3v) is 7.94. The number of nitrogens with zero attached hydrogens (tertiary/aromatic N) is 3. The van der Waals surface area contributed by atoms with Gasteiger partial charge in [0.15, 0.2) is 15.7 Å². The van der Waals surface area contributed by atoms with Gasteiger partial charge in [0.25, 0.3) is 0 Å². The Morgan fingerprint density at radius 3 is 2.59 bits per heavy atom. The van der Waals surface area contributed by atoms with E-state index < -0.39 is 9.84 Å². The highest BCUT2D eigenvalue weighted by Gasteiger charge is 2.30. The first-order valence-corrected chi connectivity index (χ1v) is 11.9. The molecule has 8 heteroatoms. The van der Waals surface area contributed by atoms with Gasteiger partial charge in [-0.1, -0.05) is 12.8 Å². The van der Waals surface area contributed by atoms with Crippen LogP contribution in [0.4, 0.5) is 11.5 Å². The SMILES string of the molecule is CC1COCCN1c1cc(CS(=O)(=O)C2CCCC2)nc(-c2ccc(N)cc2)n1. The number of sulfone groups is 1. The summed E-state index contributed by atoms with van der Waals surface area (Å²) in [6.07, 6.45) is 3.49. The Morgan fingerprint density at radius 2 is 1.90 bits per heavy atom. The normalized spacial score (nSPS) is 20.9. The molecule has 29 heavy (non-hydrogen) atoms. The average Bonchev–Trinajstić information content (AvgIpc) is 3.24. The highest BCUT2D eigenvalue weighted by molar-refractivity contribution is 7.91. The Kier molecular flexibility index (Phi) is 5.74. The summed E-state index contributed by atoms with van der Waals surface area (Å²) in [6, 6.07) is 9.33. The highest BCUT2D eigenvalue weighted by atomic mass is 32.2. The minimum atomic E-state index is -3.23. The van der Waals surface area contributed by atoms with Crippen LogP contribution in [0.1, 0.15) is 38.3 Å². The first-order valence-electron chi connectivity index (χ1n) is 10.2. The molecule has 2 aromatic rings. The molecule has 2 aliphatic rings. The van der Waals surface area contributed by atoms with Crippen molar-refractivity contribution in [3.63, 3.8) is 0 Å². The molecule has 1 atom stereocenters. The third kappa shape index (κ3) is 4.53.